The molecule has 0 bridgehead atoms. The number of carboxylic acids is 1. The van der Waals surface area contributed by atoms with Crippen LogP contribution in [0, 0.1) is 5.92 Å². The summed E-state index contributed by atoms with van der Waals surface area (Å²) in [5.41, 5.74) is 1.00. The second kappa shape index (κ2) is 6.58. The molecule has 0 aromatic heterocycles. The lowest BCUT2D eigenvalue weighted by molar-refractivity contribution is -0.138. The molecule has 2 N–H and O–H groups in total. The molecule has 1 aromatic rings. The summed E-state index contributed by atoms with van der Waals surface area (Å²) in [6, 6.07) is 9.43. The Hall–Kier alpha value is -1.40. The van der Waals surface area contributed by atoms with Crippen molar-refractivity contribution in [1.29, 1.82) is 0 Å². The van der Waals surface area contributed by atoms with Gasteiger partial charge in [0.2, 0.25) is 10.0 Å². The number of carbonyl (C=O) groups is 1. The Morgan fingerprint density at radius 1 is 1.33 bits per heavy atom. The number of sulfonamides is 1. The van der Waals surface area contributed by atoms with Crippen LogP contribution in [-0.2, 0) is 14.8 Å². The maximum absolute atomic E-state index is 12.1. The molecule has 1 aliphatic rings. The van der Waals surface area contributed by atoms with E-state index < -0.39 is 16.0 Å². The highest BCUT2D eigenvalue weighted by Gasteiger charge is 2.33. The largest absolute Gasteiger partial charge is 0.481 e. The van der Waals surface area contributed by atoms with Gasteiger partial charge in [0.25, 0.3) is 0 Å². The lowest BCUT2D eigenvalue weighted by Gasteiger charge is -2.34. The van der Waals surface area contributed by atoms with Crippen molar-refractivity contribution in [2.24, 2.45) is 5.92 Å². The van der Waals surface area contributed by atoms with Crippen molar-refractivity contribution < 1.29 is 18.3 Å². The first-order valence-electron chi connectivity index (χ1n) is 7.12. The van der Waals surface area contributed by atoms with E-state index in [-0.39, 0.29) is 30.1 Å². The molecule has 0 aliphatic heterocycles. The Morgan fingerprint density at radius 3 is 2.52 bits per heavy atom. The Balaban J connectivity index is 1.82. The molecule has 1 saturated carbocycles. The molecule has 1 aliphatic carbocycles. The highest BCUT2D eigenvalue weighted by Crippen LogP contribution is 2.31. The van der Waals surface area contributed by atoms with Crippen molar-refractivity contribution in [2.45, 2.75) is 38.1 Å². The van der Waals surface area contributed by atoms with Crippen molar-refractivity contribution in [3.63, 3.8) is 0 Å². The van der Waals surface area contributed by atoms with Gasteiger partial charge in [-0.1, -0.05) is 37.3 Å². The van der Waals surface area contributed by atoms with Gasteiger partial charge in [-0.2, -0.15) is 0 Å². The SMILES string of the molecule is CC(CS(=O)(=O)NC1CC(CC(=O)O)C1)c1ccccc1. The topological polar surface area (TPSA) is 83.5 Å². The molecular weight excluding hydrogens is 290 g/mol. The first kappa shape index (κ1) is 16.0. The number of hydrogen-bond donors (Lipinski definition) is 2. The van der Waals surface area contributed by atoms with Crippen LogP contribution >= 0.6 is 0 Å². The smallest absolute Gasteiger partial charge is 0.303 e. The summed E-state index contributed by atoms with van der Waals surface area (Å²) in [6.45, 7) is 1.89. The maximum atomic E-state index is 12.1. The second-order valence-corrected chi connectivity index (χ2v) is 7.64. The molecule has 5 nitrogen and oxygen atoms in total. The molecule has 0 saturated heterocycles. The normalized spacial score (nSPS) is 23.3. The average molecular weight is 311 g/mol. The molecule has 0 heterocycles. The van der Waals surface area contributed by atoms with E-state index in [0.29, 0.717) is 12.8 Å². The second-order valence-electron chi connectivity index (χ2n) is 5.84. The molecule has 0 radical (unpaired) electrons. The fraction of sp³-hybridized carbons (Fsp3) is 0.533. The summed E-state index contributed by atoms with van der Waals surface area (Å²) in [5, 5.41) is 8.67. The van der Waals surface area contributed by atoms with Crippen LogP contribution in [0.2, 0.25) is 0 Å². The quantitative estimate of drug-likeness (QED) is 0.806. The fourth-order valence-electron chi connectivity index (χ4n) is 2.75. The Bertz CT molecular complexity index is 579. The standard InChI is InChI=1S/C15H21NO4S/c1-11(13-5-3-2-4-6-13)10-21(19,20)16-14-7-12(8-14)9-15(17)18/h2-6,11-12,14,16H,7-10H2,1H3,(H,17,18). The van der Waals surface area contributed by atoms with Gasteiger partial charge in [0, 0.05) is 12.5 Å². The maximum Gasteiger partial charge on any atom is 0.303 e. The van der Waals surface area contributed by atoms with Crippen LogP contribution in [0.15, 0.2) is 30.3 Å². The predicted octanol–water partition coefficient (Wildman–Crippen LogP) is 1.96. The predicted molar refractivity (Wildman–Crippen MR) is 80.5 cm³/mol. The zero-order chi connectivity index (χ0) is 15.5. The summed E-state index contributed by atoms with van der Waals surface area (Å²) in [6.07, 6.45) is 1.36. The van der Waals surface area contributed by atoms with Crippen molar-refractivity contribution in [1.82, 2.24) is 4.72 Å². The van der Waals surface area contributed by atoms with E-state index in [4.69, 9.17) is 5.11 Å². The molecule has 6 heteroatoms. The van der Waals surface area contributed by atoms with Crippen LogP contribution in [-0.4, -0.2) is 31.3 Å². The molecule has 1 aromatic carbocycles. The van der Waals surface area contributed by atoms with Gasteiger partial charge in [0.1, 0.15) is 0 Å². The molecule has 1 fully saturated rings. The molecule has 0 spiro atoms. The third-order valence-electron chi connectivity index (χ3n) is 3.88. The first-order valence-corrected chi connectivity index (χ1v) is 8.77. The van der Waals surface area contributed by atoms with Crippen molar-refractivity contribution in [3.05, 3.63) is 35.9 Å². The van der Waals surface area contributed by atoms with Crippen LogP contribution in [0.1, 0.15) is 37.7 Å². The minimum atomic E-state index is -3.34. The highest BCUT2D eigenvalue weighted by atomic mass is 32.2. The molecule has 116 valence electrons. The van der Waals surface area contributed by atoms with Crippen LogP contribution in [0.5, 0.6) is 0 Å². The minimum Gasteiger partial charge on any atom is -0.481 e. The summed E-state index contributed by atoms with van der Waals surface area (Å²) in [5.74, 6) is -0.740. The number of hydrogen-bond acceptors (Lipinski definition) is 3. The fourth-order valence-corrected chi connectivity index (χ4v) is 4.40. The van der Waals surface area contributed by atoms with E-state index >= 15 is 0 Å². The molecule has 1 unspecified atom stereocenters. The van der Waals surface area contributed by atoms with Gasteiger partial charge >= 0.3 is 5.97 Å². The molecular formula is C15H21NO4S. The van der Waals surface area contributed by atoms with Gasteiger partial charge in [-0.15, -0.1) is 0 Å². The van der Waals surface area contributed by atoms with Crippen molar-refractivity contribution in [3.8, 4) is 0 Å². The number of nitrogens with one attached hydrogen (secondary N) is 1. The monoisotopic (exact) mass is 311 g/mol. The zero-order valence-corrected chi connectivity index (χ0v) is 12.8. The van der Waals surface area contributed by atoms with Gasteiger partial charge in [-0.05, 0) is 30.2 Å². The van der Waals surface area contributed by atoms with E-state index in [1.54, 1.807) is 0 Å². The van der Waals surface area contributed by atoms with E-state index in [0.717, 1.165) is 5.56 Å². The van der Waals surface area contributed by atoms with Gasteiger partial charge in [-0.3, -0.25) is 4.79 Å². The third kappa shape index (κ3) is 4.82. The lowest BCUT2D eigenvalue weighted by atomic mass is 9.79. The van der Waals surface area contributed by atoms with Gasteiger partial charge in [0.05, 0.1) is 5.75 Å². The zero-order valence-electron chi connectivity index (χ0n) is 12.0. The van der Waals surface area contributed by atoms with E-state index in [9.17, 15) is 13.2 Å². The first-order chi connectivity index (χ1) is 9.85. The van der Waals surface area contributed by atoms with Gasteiger partial charge < -0.3 is 5.11 Å². The molecule has 1 atom stereocenters. The van der Waals surface area contributed by atoms with E-state index in [2.05, 4.69) is 4.72 Å². The molecule has 0 amide bonds. The van der Waals surface area contributed by atoms with E-state index in [1.165, 1.54) is 0 Å². The minimum absolute atomic E-state index is 0.0527. The van der Waals surface area contributed by atoms with Crippen LogP contribution in [0.3, 0.4) is 0 Å². The van der Waals surface area contributed by atoms with Crippen molar-refractivity contribution >= 4 is 16.0 Å². The number of benzene rings is 1. The highest BCUT2D eigenvalue weighted by molar-refractivity contribution is 7.89. The van der Waals surface area contributed by atoms with Crippen molar-refractivity contribution in [2.75, 3.05) is 5.75 Å². The number of rotatable bonds is 7. The number of carboxylic acid groups (broad SMARTS) is 1. The summed E-state index contributed by atoms with van der Waals surface area (Å²) >= 11 is 0. The Labute approximate surface area is 125 Å². The lowest BCUT2D eigenvalue weighted by Crippen LogP contribution is -2.46. The van der Waals surface area contributed by atoms with Gasteiger partial charge in [0.15, 0.2) is 0 Å². The number of aliphatic carboxylic acids is 1. The average Bonchev–Trinajstić information content (AvgIpc) is 2.36. The van der Waals surface area contributed by atoms with Crippen LogP contribution in [0.4, 0.5) is 0 Å². The summed E-state index contributed by atoms with van der Waals surface area (Å²) in [7, 11) is -3.34. The van der Waals surface area contributed by atoms with Gasteiger partial charge in [-0.25, -0.2) is 13.1 Å². The molecule has 2 rings (SSSR count). The Morgan fingerprint density at radius 2 is 1.95 bits per heavy atom. The Kier molecular flexibility index (Phi) is 5.00. The van der Waals surface area contributed by atoms with Crippen LogP contribution in [0.25, 0.3) is 0 Å². The molecule has 21 heavy (non-hydrogen) atoms. The summed E-state index contributed by atoms with van der Waals surface area (Å²) in [4.78, 5) is 10.6. The third-order valence-corrected chi connectivity index (χ3v) is 5.51. The summed E-state index contributed by atoms with van der Waals surface area (Å²) < 4.78 is 26.9. The van der Waals surface area contributed by atoms with E-state index in [1.807, 2.05) is 37.3 Å². The van der Waals surface area contributed by atoms with Crippen LogP contribution < -0.4 is 4.72 Å².